The Bertz CT molecular complexity index is 1610. The molecule has 0 fully saturated rings. The van der Waals surface area contributed by atoms with Gasteiger partial charge in [-0.1, -0.05) is 247 Å². The van der Waals surface area contributed by atoms with Crippen LogP contribution in [0, 0.1) is 0 Å². The van der Waals surface area contributed by atoms with Crippen molar-refractivity contribution in [2.45, 2.75) is 296 Å². The maximum Gasteiger partial charge on any atom is 0.306 e. The third-order valence-corrected chi connectivity index (χ3v) is 15.0. The van der Waals surface area contributed by atoms with Crippen LogP contribution in [0.2, 0.25) is 0 Å². The van der Waals surface area contributed by atoms with E-state index in [9.17, 15) is 19.0 Å². The van der Waals surface area contributed by atoms with Crippen LogP contribution in [-0.4, -0.2) is 69.4 Å². The number of allylic oxidation sites excluding steroid dienone is 13. The predicted octanol–water partition coefficient (Wildman–Crippen LogP) is 19.5. The number of hydrogen-bond donors (Lipinski definition) is 1. The number of nitrogens with zero attached hydrogens (tertiary/aromatic N) is 1. The molecule has 0 saturated carbocycles. The molecule has 3 atom stereocenters. The number of amides is 1. The van der Waals surface area contributed by atoms with Gasteiger partial charge in [0.1, 0.15) is 19.3 Å². The van der Waals surface area contributed by atoms with Gasteiger partial charge in [-0.3, -0.25) is 14.2 Å². The summed E-state index contributed by atoms with van der Waals surface area (Å²) in [6.07, 6.45) is 75.5. The molecule has 0 spiro atoms. The molecule has 3 unspecified atom stereocenters. The van der Waals surface area contributed by atoms with Gasteiger partial charge in [0.25, 0.3) is 7.82 Å². The molecule has 0 rings (SSSR count). The molecule has 0 saturated heterocycles. The largest absolute Gasteiger partial charge is 0.756 e. The summed E-state index contributed by atoms with van der Waals surface area (Å²) in [5.41, 5.74) is 0. The van der Waals surface area contributed by atoms with E-state index in [1.807, 2.05) is 33.3 Å². The van der Waals surface area contributed by atoms with Gasteiger partial charge in [0, 0.05) is 12.8 Å². The maximum absolute atomic E-state index is 13.6. The van der Waals surface area contributed by atoms with Crippen LogP contribution in [0.5, 0.6) is 0 Å². The van der Waals surface area contributed by atoms with E-state index in [1.54, 1.807) is 0 Å². The fourth-order valence-corrected chi connectivity index (χ4v) is 9.73. The normalized spacial score (nSPS) is 14.2. The summed E-state index contributed by atoms with van der Waals surface area (Å²) in [6.45, 7) is 6.78. The van der Waals surface area contributed by atoms with E-state index in [4.69, 9.17) is 13.8 Å². The summed E-state index contributed by atoms with van der Waals surface area (Å²) in [6, 6.07) is -0.907. The predicted molar refractivity (Wildman–Crippen MR) is 335 cm³/mol. The van der Waals surface area contributed by atoms with Gasteiger partial charge < -0.3 is 28.5 Å². The molecule has 0 aliphatic rings. The Morgan fingerprint density at radius 3 is 1.21 bits per heavy atom. The van der Waals surface area contributed by atoms with Gasteiger partial charge in [0.15, 0.2) is 0 Å². The Hall–Kier alpha value is -2.81. The molecule has 78 heavy (non-hydrogen) atoms. The van der Waals surface area contributed by atoms with Gasteiger partial charge in [-0.2, -0.15) is 0 Å². The zero-order valence-electron chi connectivity index (χ0n) is 51.6. The number of carbonyl (C=O) groups excluding carboxylic acids is 2. The summed E-state index contributed by atoms with van der Waals surface area (Å²) in [5, 5.41) is 3.02. The average molecular weight is 1110 g/mol. The highest BCUT2D eigenvalue weighted by molar-refractivity contribution is 7.45. The number of rotatable bonds is 58. The fraction of sp³-hybridized carbons (Fsp3) is 0.765. The van der Waals surface area contributed by atoms with Crippen molar-refractivity contribution in [1.82, 2.24) is 5.32 Å². The van der Waals surface area contributed by atoms with E-state index < -0.39 is 26.6 Å². The number of hydrogen-bond acceptors (Lipinski definition) is 7. The van der Waals surface area contributed by atoms with Gasteiger partial charge in [0.2, 0.25) is 5.91 Å². The van der Waals surface area contributed by atoms with Crippen LogP contribution in [-0.2, 0) is 27.9 Å². The monoisotopic (exact) mass is 1110 g/mol. The van der Waals surface area contributed by atoms with Crippen molar-refractivity contribution < 1.29 is 37.3 Å². The topological polar surface area (TPSA) is 114 Å². The lowest BCUT2D eigenvalue weighted by molar-refractivity contribution is -0.870. The number of likely N-dealkylation sites (N-methyl/N-ethyl adjacent to an activating group) is 1. The number of ether oxygens (including phenoxy) is 1. The average Bonchev–Trinajstić information content (AvgIpc) is 3.40. The third-order valence-electron chi connectivity index (χ3n) is 14.0. The Balaban J connectivity index is 5.26. The first-order valence-corrected chi connectivity index (χ1v) is 33.9. The highest BCUT2D eigenvalue weighted by Gasteiger charge is 2.27. The molecule has 0 radical (unpaired) electrons. The SMILES string of the molecule is CCCCC/C=C\C/C=C\C/C=C\C/C=C\CCCCCC(=O)OC(/C=C/CCCCCCCCCCCC)C(COP(=O)([O-])OCC[N+](C)(C)C)NC(=O)CCCCCCCCCCCCC/C=C\C/C=C\CCCCC. The summed E-state index contributed by atoms with van der Waals surface area (Å²) in [7, 11) is 1.16. The fourth-order valence-electron chi connectivity index (χ4n) is 9.01. The smallest absolute Gasteiger partial charge is 0.306 e. The first-order valence-electron chi connectivity index (χ1n) is 32.4. The Morgan fingerprint density at radius 2 is 0.782 bits per heavy atom. The number of esters is 1. The lowest BCUT2D eigenvalue weighted by atomic mass is 10.0. The molecule has 0 bridgehead atoms. The minimum absolute atomic E-state index is 0.0309. The van der Waals surface area contributed by atoms with Gasteiger partial charge in [0.05, 0.1) is 33.8 Å². The third kappa shape index (κ3) is 57.9. The quantitative estimate of drug-likeness (QED) is 0.0212. The number of phosphoric ester groups is 1. The van der Waals surface area contributed by atoms with Crippen LogP contribution >= 0.6 is 7.82 Å². The van der Waals surface area contributed by atoms with Crippen LogP contribution in [0.3, 0.4) is 0 Å². The first-order chi connectivity index (χ1) is 37.9. The van der Waals surface area contributed by atoms with Crippen molar-refractivity contribution in [1.29, 1.82) is 0 Å². The van der Waals surface area contributed by atoms with E-state index in [2.05, 4.69) is 99.0 Å². The standard InChI is InChI=1S/C68H123N2O7P/c1-7-10-13-16-19-22-25-28-30-32-34-35-37-38-40-42-45-48-51-54-57-60-67(71)69-65(64-76-78(73,74)75-63-62-70(4,5)6)66(59-56-53-50-47-44-27-24-21-18-15-12-9-3)77-68(72)61-58-55-52-49-46-43-41-39-36-33-31-29-26-23-20-17-14-11-8-2/h19-20,22-23,28-31,36,39,43,46,56,59,65-66H,7-18,21,24-27,32-35,37-38,40-42,44-45,47-55,57-58,60-64H2,1-6H3,(H-,69,71,73,74)/b22-19-,23-20-,30-28-,31-29-,39-36-,46-43-,59-56+. The zero-order chi connectivity index (χ0) is 57.2. The van der Waals surface area contributed by atoms with Crippen LogP contribution in [0.15, 0.2) is 85.1 Å². The molecule has 0 aliphatic heterocycles. The summed E-state index contributed by atoms with van der Waals surface area (Å²) in [4.78, 5) is 40.0. The first kappa shape index (κ1) is 75.2. The second kappa shape index (κ2) is 57.4. The van der Waals surface area contributed by atoms with E-state index in [-0.39, 0.29) is 24.9 Å². The molecule has 1 amide bonds. The number of phosphoric acid groups is 1. The van der Waals surface area contributed by atoms with Crippen molar-refractivity contribution in [3.8, 4) is 0 Å². The molecular weight excluding hydrogens is 988 g/mol. The number of quaternary nitrogens is 1. The van der Waals surface area contributed by atoms with Crippen LogP contribution in [0.1, 0.15) is 284 Å². The molecule has 9 nitrogen and oxygen atoms in total. The van der Waals surface area contributed by atoms with Gasteiger partial charge in [-0.15, -0.1) is 0 Å². The molecule has 0 aliphatic carbocycles. The Kier molecular flexibility index (Phi) is 55.4. The molecular formula is C68H123N2O7P. The maximum atomic E-state index is 13.6. The van der Waals surface area contributed by atoms with Crippen molar-refractivity contribution in [3.05, 3.63) is 85.1 Å². The Morgan fingerprint density at radius 1 is 0.449 bits per heavy atom. The zero-order valence-corrected chi connectivity index (χ0v) is 52.5. The lowest BCUT2D eigenvalue weighted by Crippen LogP contribution is -2.47. The second-order valence-corrected chi connectivity index (χ2v) is 24.3. The van der Waals surface area contributed by atoms with Crippen LogP contribution in [0.25, 0.3) is 0 Å². The van der Waals surface area contributed by atoms with Crippen molar-refractivity contribution in [2.24, 2.45) is 0 Å². The highest BCUT2D eigenvalue weighted by atomic mass is 31.2. The lowest BCUT2D eigenvalue weighted by Gasteiger charge is -2.30. The Labute approximate surface area is 482 Å². The summed E-state index contributed by atoms with van der Waals surface area (Å²) < 4.78 is 30.3. The van der Waals surface area contributed by atoms with Gasteiger partial charge >= 0.3 is 5.97 Å². The summed E-state index contributed by atoms with van der Waals surface area (Å²) >= 11 is 0. The molecule has 0 aromatic heterocycles. The molecule has 0 aromatic carbocycles. The van der Waals surface area contributed by atoms with Crippen molar-refractivity contribution >= 4 is 19.7 Å². The molecule has 0 aromatic rings. The van der Waals surface area contributed by atoms with E-state index >= 15 is 0 Å². The van der Waals surface area contributed by atoms with Crippen LogP contribution < -0.4 is 10.2 Å². The molecule has 452 valence electrons. The number of unbranched alkanes of at least 4 members (excludes halogenated alkanes) is 30. The van der Waals surface area contributed by atoms with Gasteiger partial charge in [-0.25, -0.2) is 0 Å². The molecule has 10 heteroatoms. The molecule has 0 heterocycles. The van der Waals surface area contributed by atoms with Gasteiger partial charge in [-0.05, 0) is 109 Å². The number of carbonyl (C=O) groups is 2. The second-order valence-electron chi connectivity index (χ2n) is 22.9. The minimum atomic E-state index is -4.71. The number of nitrogens with one attached hydrogen (secondary N) is 1. The van der Waals surface area contributed by atoms with Crippen molar-refractivity contribution in [3.63, 3.8) is 0 Å². The van der Waals surface area contributed by atoms with E-state index in [1.165, 1.54) is 154 Å². The highest BCUT2D eigenvalue weighted by Crippen LogP contribution is 2.38. The molecule has 1 N–H and O–H groups in total. The summed E-state index contributed by atoms with van der Waals surface area (Å²) in [5.74, 6) is -0.578. The minimum Gasteiger partial charge on any atom is -0.756 e. The van der Waals surface area contributed by atoms with E-state index in [0.29, 0.717) is 23.9 Å². The van der Waals surface area contributed by atoms with E-state index in [0.717, 1.165) is 89.9 Å². The van der Waals surface area contributed by atoms with Crippen LogP contribution in [0.4, 0.5) is 0 Å². The van der Waals surface area contributed by atoms with Crippen molar-refractivity contribution in [2.75, 3.05) is 40.9 Å².